The third-order valence-corrected chi connectivity index (χ3v) is 6.14. The predicted octanol–water partition coefficient (Wildman–Crippen LogP) is 5.41. The van der Waals surface area contributed by atoms with Crippen LogP contribution in [0.1, 0.15) is 57.2 Å². The number of fused-ring (bicyclic) bond motifs is 3. The molecule has 0 unspecified atom stereocenters. The summed E-state index contributed by atoms with van der Waals surface area (Å²) in [6.45, 7) is 11.6. The minimum atomic E-state index is 0.0149. The van der Waals surface area contributed by atoms with E-state index in [0.29, 0.717) is 23.0 Å². The maximum absolute atomic E-state index is 10.2. The number of allylic oxidation sites excluding steroid dienone is 4. The molecule has 150 valence electrons. The second-order valence-electron chi connectivity index (χ2n) is 7.85. The quantitative estimate of drug-likeness (QED) is 0.460. The van der Waals surface area contributed by atoms with Gasteiger partial charge in [-0.15, -0.1) is 0 Å². The molecule has 0 aromatic carbocycles. The summed E-state index contributed by atoms with van der Waals surface area (Å²) in [6, 6.07) is 2.21. The van der Waals surface area contributed by atoms with Crippen molar-refractivity contribution < 1.29 is 5.11 Å². The van der Waals surface area contributed by atoms with Crippen LogP contribution in [0.3, 0.4) is 0 Å². The monoisotopic (exact) mass is 389 g/mol. The average Bonchev–Trinajstić information content (AvgIpc) is 2.95. The highest BCUT2D eigenvalue weighted by Crippen LogP contribution is 2.42. The Morgan fingerprint density at radius 2 is 2.00 bits per heavy atom. The van der Waals surface area contributed by atoms with E-state index in [2.05, 4.69) is 29.5 Å². The number of aliphatic hydroxyl groups is 1. The van der Waals surface area contributed by atoms with Crippen molar-refractivity contribution in [1.29, 1.82) is 0 Å². The Labute approximate surface area is 170 Å². The smallest absolute Gasteiger partial charge is 0.152 e. The second kappa shape index (κ2) is 7.03. The van der Waals surface area contributed by atoms with Crippen LogP contribution >= 0.6 is 0 Å². The topological polar surface area (TPSA) is 89.8 Å². The van der Waals surface area contributed by atoms with Gasteiger partial charge in [-0.1, -0.05) is 19.1 Å². The Bertz CT molecular complexity index is 1210. The summed E-state index contributed by atoms with van der Waals surface area (Å²) in [5.41, 5.74) is 12.5. The number of rotatable bonds is 4. The van der Waals surface area contributed by atoms with E-state index in [0.717, 1.165) is 33.4 Å². The molecule has 0 radical (unpaired) electrons. The Morgan fingerprint density at radius 3 is 2.59 bits per heavy atom. The summed E-state index contributed by atoms with van der Waals surface area (Å²) in [7, 11) is 0. The molecule has 0 aliphatic heterocycles. The fourth-order valence-electron chi connectivity index (χ4n) is 4.14. The van der Waals surface area contributed by atoms with E-state index < -0.39 is 0 Å². The minimum absolute atomic E-state index is 0.0149. The van der Waals surface area contributed by atoms with Gasteiger partial charge in [0.05, 0.1) is 11.1 Å². The average molecular weight is 390 g/mol. The molecule has 3 heterocycles. The SMILES string of the molecule is C=C(O)/C(C)=C(\C(C)=C/C)n1c2nc(C)c(C3CCC3)cc2c2c(N)ncnc21. The molecule has 0 bridgehead atoms. The zero-order chi connectivity index (χ0) is 20.9. The highest BCUT2D eigenvalue weighted by molar-refractivity contribution is 6.12. The maximum atomic E-state index is 10.2. The number of anilines is 1. The summed E-state index contributed by atoms with van der Waals surface area (Å²) in [4.78, 5) is 13.8. The van der Waals surface area contributed by atoms with Gasteiger partial charge in [-0.05, 0) is 63.7 Å². The molecule has 3 aromatic heterocycles. The number of aryl methyl sites for hydroxylation is 1. The van der Waals surface area contributed by atoms with Crippen LogP contribution in [0.15, 0.2) is 42.0 Å². The molecule has 1 aliphatic carbocycles. The molecule has 6 nitrogen and oxygen atoms in total. The minimum Gasteiger partial charge on any atom is -0.508 e. The van der Waals surface area contributed by atoms with Gasteiger partial charge in [-0.3, -0.25) is 4.57 Å². The Balaban J connectivity index is 2.18. The molecule has 0 saturated heterocycles. The van der Waals surface area contributed by atoms with Gasteiger partial charge < -0.3 is 10.8 Å². The molecule has 0 amide bonds. The molecule has 4 rings (SSSR count). The van der Waals surface area contributed by atoms with Gasteiger partial charge in [0.2, 0.25) is 0 Å². The fraction of sp³-hybridized carbons (Fsp3) is 0.348. The summed E-state index contributed by atoms with van der Waals surface area (Å²) in [5, 5.41) is 11.9. The van der Waals surface area contributed by atoms with Crippen molar-refractivity contribution >= 4 is 33.6 Å². The number of hydrogen-bond acceptors (Lipinski definition) is 5. The molecule has 1 fully saturated rings. The normalized spacial score (nSPS) is 16.2. The van der Waals surface area contributed by atoms with Crippen molar-refractivity contribution in [2.75, 3.05) is 5.73 Å². The van der Waals surface area contributed by atoms with Crippen molar-refractivity contribution in [3.63, 3.8) is 0 Å². The lowest BCUT2D eigenvalue weighted by Gasteiger charge is -2.27. The van der Waals surface area contributed by atoms with Crippen LogP contribution in [0.25, 0.3) is 27.8 Å². The van der Waals surface area contributed by atoms with E-state index in [4.69, 9.17) is 10.7 Å². The van der Waals surface area contributed by atoms with Crippen molar-refractivity contribution in [2.24, 2.45) is 0 Å². The number of nitrogens with two attached hydrogens (primary N) is 1. The number of nitrogens with zero attached hydrogens (tertiary/aromatic N) is 4. The Kier molecular flexibility index (Phi) is 4.65. The van der Waals surface area contributed by atoms with Crippen LogP contribution in [0.4, 0.5) is 5.82 Å². The molecule has 3 N–H and O–H groups in total. The van der Waals surface area contributed by atoms with Crippen molar-refractivity contribution in [1.82, 2.24) is 19.5 Å². The lowest BCUT2D eigenvalue weighted by atomic mass is 9.79. The summed E-state index contributed by atoms with van der Waals surface area (Å²) in [6.07, 6.45) is 7.13. The van der Waals surface area contributed by atoms with E-state index in [1.54, 1.807) is 0 Å². The molecular formula is C23H27N5O. The lowest BCUT2D eigenvalue weighted by molar-refractivity contribution is 0.417. The van der Waals surface area contributed by atoms with Crippen LogP contribution in [0, 0.1) is 6.92 Å². The first-order valence-electron chi connectivity index (χ1n) is 10.00. The highest BCUT2D eigenvalue weighted by atomic mass is 16.3. The molecule has 1 saturated carbocycles. The van der Waals surface area contributed by atoms with Crippen LogP contribution in [-0.4, -0.2) is 24.6 Å². The molecule has 6 heteroatoms. The van der Waals surface area contributed by atoms with Gasteiger partial charge in [-0.2, -0.15) is 0 Å². The van der Waals surface area contributed by atoms with Gasteiger partial charge >= 0.3 is 0 Å². The zero-order valence-electron chi connectivity index (χ0n) is 17.5. The highest BCUT2D eigenvalue weighted by Gasteiger charge is 2.26. The lowest BCUT2D eigenvalue weighted by Crippen LogP contribution is -2.11. The molecule has 29 heavy (non-hydrogen) atoms. The van der Waals surface area contributed by atoms with Crippen molar-refractivity contribution in [3.8, 4) is 0 Å². The molecule has 0 atom stereocenters. The third-order valence-electron chi connectivity index (χ3n) is 6.14. The van der Waals surface area contributed by atoms with E-state index in [1.165, 1.54) is 31.2 Å². The standard InChI is InChI=1S/C23H27N5O/c1-6-12(2)20(13(3)15(5)29)28-22-18(19-21(24)25-11-26-23(19)28)10-17(14(4)27-22)16-8-7-9-16/h6,10-11,16,29H,5,7-9H2,1-4H3,(H2,24,25,26)/b12-6-,20-13+. The second-order valence-corrected chi connectivity index (χ2v) is 7.85. The van der Waals surface area contributed by atoms with Gasteiger partial charge in [0.1, 0.15) is 23.6 Å². The molecule has 3 aromatic rings. The maximum Gasteiger partial charge on any atom is 0.152 e. The van der Waals surface area contributed by atoms with Crippen LogP contribution in [0.2, 0.25) is 0 Å². The molecule has 0 spiro atoms. The van der Waals surface area contributed by atoms with Crippen molar-refractivity contribution in [2.45, 2.75) is 52.9 Å². The van der Waals surface area contributed by atoms with Gasteiger partial charge in [-0.25, -0.2) is 15.0 Å². The van der Waals surface area contributed by atoms with E-state index in [-0.39, 0.29) is 5.76 Å². The summed E-state index contributed by atoms with van der Waals surface area (Å²) >= 11 is 0. The zero-order valence-corrected chi connectivity index (χ0v) is 17.5. The number of pyridine rings is 1. The fourth-order valence-corrected chi connectivity index (χ4v) is 4.14. The number of aromatic nitrogens is 4. The molecular weight excluding hydrogens is 362 g/mol. The van der Waals surface area contributed by atoms with Gasteiger partial charge in [0.25, 0.3) is 0 Å². The summed E-state index contributed by atoms with van der Waals surface area (Å²) in [5.74, 6) is 1.00. The summed E-state index contributed by atoms with van der Waals surface area (Å²) < 4.78 is 1.98. The van der Waals surface area contributed by atoms with Gasteiger partial charge in [0.15, 0.2) is 5.65 Å². The third kappa shape index (κ3) is 2.90. The largest absolute Gasteiger partial charge is 0.508 e. The van der Waals surface area contributed by atoms with Crippen LogP contribution in [0.5, 0.6) is 0 Å². The van der Waals surface area contributed by atoms with E-state index >= 15 is 0 Å². The number of hydrogen-bond donors (Lipinski definition) is 2. The van der Waals surface area contributed by atoms with Gasteiger partial charge in [0, 0.05) is 16.7 Å². The van der Waals surface area contributed by atoms with Crippen LogP contribution < -0.4 is 5.73 Å². The van der Waals surface area contributed by atoms with Crippen LogP contribution in [-0.2, 0) is 0 Å². The first-order valence-corrected chi connectivity index (χ1v) is 10.00. The first kappa shape index (κ1) is 19.2. The number of aliphatic hydroxyl groups excluding tert-OH is 1. The number of nitrogen functional groups attached to an aromatic ring is 1. The van der Waals surface area contributed by atoms with Crippen molar-refractivity contribution in [3.05, 3.63) is 53.2 Å². The predicted molar refractivity (Wildman–Crippen MR) is 119 cm³/mol. The Morgan fingerprint density at radius 1 is 1.28 bits per heavy atom. The first-order chi connectivity index (χ1) is 13.8. The Hall–Kier alpha value is -3.15. The molecule has 1 aliphatic rings. The van der Waals surface area contributed by atoms with E-state index in [1.807, 2.05) is 31.4 Å². The van der Waals surface area contributed by atoms with E-state index in [9.17, 15) is 5.11 Å².